The van der Waals surface area contributed by atoms with Crippen molar-refractivity contribution >= 4 is 23.2 Å². The Morgan fingerprint density at radius 1 is 1.26 bits per heavy atom. The van der Waals surface area contributed by atoms with E-state index in [1.54, 1.807) is 18.4 Å². The van der Waals surface area contributed by atoms with Crippen LogP contribution in [0, 0.1) is 0 Å². The highest BCUT2D eigenvalue weighted by Crippen LogP contribution is 2.19. The summed E-state index contributed by atoms with van der Waals surface area (Å²) >= 11 is 1.73. The molecule has 2 N–H and O–H groups in total. The Kier molecular flexibility index (Phi) is 4.51. The smallest absolute Gasteiger partial charge is 0.322 e. The van der Waals surface area contributed by atoms with Gasteiger partial charge in [0, 0.05) is 11.9 Å². The van der Waals surface area contributed by atoms with Gasteiger partial charge in [-0.3, -0.25) is 0 Å². The van der Waals surface area contributed by atoms with Crippen LogP contribution in [0.15, 0.2) is 11.4 Å². The second-order valence-corrected chi connectivity index (χ2v) is 4.80. The van der Waals surface area contributed by atoms with Crippen molar-refractivity contribution in [3.05, 3.63) is 21.9 Å². The van der Waals surface area contributed by atoms with Crippen LogP contribution in [0.4, 0.5) is 11.9 Å². The van der Waals surface area contributed by atoms with Gasteiger partial charge in [-0.05, 0) is 23.4 Å². The summed E-state index contributed by atoms with van der Waals surface area (Å²) < 4.78 is 5.04. The summed E-state index contributed by atoms with van der Waals surface area (Å²) in [6.07, 6.45) is 1.03. The highest BCUT2D eigenvalue weighted by molar-refractivity contribution is 7.10. The third kappa shape index (κ3) is 3.31. The third-order valence-corrected chi connectivity index (χ3v) is 3.61. The topological polar surface area (TPSA) is 72.0 Å². The number of anilines is 2. The first kappa shape index (κ1) is 13.5. The molecule has 0 aliphatic heterocycles. The van der Waals surface area contributed by atoms with E-state index in [2.05, 4.69) is 44.0 Å². The number of aryl methyl sites for hydroxylation is 1. The summed E-state index contributed by atoms with van der Waals surface area (Å²) in [6.45, 7) is 2.85. The molecule has 102 valence electrons. The van der Waals surface area contributed by atoms with Crippen molar-refractivity contribution in [1.29, 1.82) is 0 Å². The summed E-state index contributed by atoms with van der Waals surface area (Å²) in [5.41, 5.74) is 1.35. The molecular formula is C12H17N5OS. The van der Waals surface area contributed by atoms with Crippen molar-refractivity contribution in [3.63, 3.8) is 0 Å². The van der Waals surface area contributed by atoms with Gasteiger partial charge in [0.05, 0.1) is 13.7 Å². The van der Waals surface area contributed by atoms with Gasteiger partial charge in [-0.2, -0.15) is 15.0 Å². The average Bonchev–Trinajstić information content (AvgIpc) is 2.92. The number of hydrogen-bond acceptors (Lipinski definition) is 7. The van der Waals surface area contributed by atoms with Crippen molar-refractivity contribution in [3.8, 4) is 6.01 Å². The summed E-state index contributed by atoms with van der Waals surface area (Å²) in [5, 5.41) is 8.18. The highest BCUT2D eigenvalue weighted by Gasteiger charge is 2.07. The third-order valence-electron chi connectivity index (χ3n) is 2.65. The molecule has 6 nitrogen and oxygen atoms in total. The monoisotopic (exact) mass is 279 g/mol. The van der Waals surface area contributed by atoms with Crippen LogP contribution in [0.5, 0.6) is 6.01 Å². The number of nitrogens with one attached hydrogen (secondary N) is 2. The lowest BCUT2D eigenvalue weighted by Crippen LogP contribution is -2.08. The van der Waals surface area contributed by atoms with Gasteiger partial charge in [0.1, 0.15) is 0 Å². The van der Waals surface area contributed by atoms with E-state index in [1.807, 2.05) is 0 Å². The van der Waals surface area contributed by atoms with Crippen molar-refractivity contribution < 1.29 is 4.74 Å². The number of rotatable bonds is 6. The highest BCUT2D eigenvalue weighted by atomic mass is 32.1. The standard InChI is InChI=1S/C12H17N5OS/c1-4-8-5-6-19-9(8)7-14-11-15-10(13-2)16-12(17-11)18-3/h5-6H,4,7H2,1-3H3,(H2,13,14,15,16,17). The summed E-state index contributed by atoms with van der Waals surface area (Å²) in [7, 11) is 3.29. The summed E-state index contributed by atoms with van der Waals surface area (Å²) in [5.74, 6) is 0.989. The van der Waals surface area contributed by atoms with Crippen molar-refractivity contribution in [1.82, 2.24) is 15.0 Å². The molecule has 2 aromatic heterocycles. The fraction of sp³-hybridized carbons (Fsp3) is 0.417. The van der Waals surface area contributed by atoms with E-state index in [4.69, 9.17) is 4.74 Å². The Labute approximate surface area is 116 Å². The van der Waals surface area contributed by atoms with Gasteiger partial charge in [-0.15, -0.1) is 11.3 Å². The van der Waals surface area contributed by atoms with Crippen LogP contribution in [0.25, 0.3) is 0 Å². The number of hydrogen-bond donors (Lipinski definition) is 2. The van der Waals surface area contributed by atoms with E-state index < -0.39 is 0 Å². The predicted molar refractivity (Wildman–Crippen MR) is 76.9 cm³/mol. The molecule has 0 spiro atoms. The summed E-state index contributed by atoms with van der Waals surface area (Å²) in [4.78, 5) is 13.8. The zero-order valence-electron chi connectivity index (χ0n) is 11.2. The van der Waals surface area contributed by atoms with Crippen molar-refractivity contribution in [2.24, 2.45) is 0 Å². The molecule has 0 aliphatic rings. The maximum Gasteiger partial charge on any atom is 0.322 e. The average molecular weight is 279 g/mol. The van der Waals surface area contributed by atoms with Gasteiger partial charge in [-0.25, -0.2) is 0 Å². The first-order valence-electron chi connectivity index (χ1n) is 6.03. The molecule has 0 bridgehead atoms. The maximum atomic E-state index is 5.04. The van der Waals surface area contributed by atoms with Crippen LogP contribution < -0.4 is 15.4 Å². The minimum atomic E-state index is 0.295. The zero-order chi connectivity index (χ0) is 13.7. The molecule has 0 aromatic carbocycles. The molecule has 0 aliphatic carbocycles. The van der Waals surface area contributed by atoms with Crippen LogP contribution in [-0.2, 0) is 13.0 Å². The van der Waals surface area contributed by atoms with Gasteiger partial charge in [0.25, 0.3) is 0 Å². The molecule has 0 unspecified atom stereocenters. The maximum absolute atomic E-state index is 5.04. The van der Waals surface area contributed by atoms with Crippen LogP contribution in [0.3, 0.4) is 0 Å². The van der Waals surface area contributed by atoms with Crippen molar-refractivity contribution in [2.75, 3.05) is 24.8 Å². The van der Waals surface area contributed by atoms with Gasteiger partial charge >= 0.3 is 6.01 Å². The normalized spacial score (nSPS) is 10.3. The van der Waals surface area contributed by atoms with E-state index in [1.165, 1.54) is 17.6 Å². The zero-order valence-corrected chi connectivity index (χ0v) is 12.0. The second kappa shape index (κ2) is 6.33. The molecule has 2 aromatic rings. The van der Waals surface area contributed by atoms with E-state index in [0.717, 1.165) is 6.42 Å². The van der Waals surface area contributed by atoms with Crippen LogP contribution >= 0.6 is 11.3 Å². The Hall–Kier alpha value is -1.89. The number of aromatic nitrogens is 3. The van der Waals surface area contributed by atoms with E-state index >= 15 is 0 Å². The van der Waals surface area contributed by atoms with Gasteiger partial charge in [0.2, 0.25) is 11.9 Å². The molecule has 0 saturated carbocycles. The molecule has 0 amide bonds. The first-order valence-corrected chi connectivity index (χ1v) is 6.91. The largest absolute Gasteiger partial charge is 0.467 e. The van der Waals surface area contributed by atoms with Crippen LogP contribution in [-0.4, -0.2) is 29.1 Å². The SMILES string of the molecule is CCc1ccsc1CNc1nc(NC)nc(OC)n1. The van der Waals surface area contributed by atoms with Gasteiger partial charge in [0.15, 0.2) is 0 Å². The van der Waals surface area contributed by atoms with Gasteiger partial charge in [-0.1, -0.05) is 6.92 Å². The molecule has 2 heterocycles. The van der Waals surface area contributed by atoms with Crippen LogP contribution in [0.1, 0.15) is 17.4 Å². The predicted octanol–water partition coefficient (Wildman–Crippen LogP) is 2.16. The van der Waals surface area contributed by atoms with Crippen LogP contribution in [0.2, 0.25) is 0 Å². The Morgan fingerprint density at radius 2 is 2.05 bits per heavy atom. The molecule has 0 fully saturated rings. The first-order chi connectivity index (χ1) is 9.26. The lowest BCUT2D eigenvalue weighted by molar-refractivity contribution is 0.379. The molecular weight excluding hydrogens is 262 g/mol. The molecule has 2 rings (SSSR count). The molecule has 0 atom stereocenters. The lowest BCUT2D eigenvalue weighted by atomic mass is 10.2. The Morgan fingerprint density at radius 3 is 2.74 bits per heavy atom. The Balaban J connectivity index is 2.10. The van der Waals surface area contributed by atoms with Crippen molar-refractivity contribution in [2.45, 2.75) is 19.9 Å². The molecule has 0 radical (unpaired) electrons. The number of thiophene rings is 1. The number of methoxy groups -OCH3 is 1. The minimum Gasteiger partial charge on any atom is -0.467 e. The van der Waals surface area contributed by atoms with E-state index in [9.17, 15) is 0 Å². The fourth-order valence-corrected chi connectivity index (χ4v) is 2.55. The molecule has 19 heavy (non-hydrogen) atoms. The Bertz CT molecular complexity index is 520. The fourth-order valence-electron chi connectivity index (χ4n) is 1.64. The van der Waals surface area contributed by atoms with E-state index in [-0.39, 0.29) is 0 Å². The van der Waals surface area contributed by atoms with Gasteiger partial charge < -0.3 is 15.4 Å². The number of ether oxygens (including phenoxy) is 1. The quantitative estimate of drug-likeness (QED) is 0.844. The molecule has 0 saturated heterocycles. The second-order valence-electron chi connectivity index (χ2n) is 3.80. The lowest BCUT2D eigenvalue weighted by Gasteiger charge is -2.07. The minimum absolute atomic E-state index is 0.295. The molecule has 7 heteroatoms. The summed E-state index contributed by atoms with van der Waals surface area (Å²) in [6, 6.07) is 2.44. The van der Waals surface area contributed by atoms with E-state index in [0.29, 0.717) is 24.5 Å². The number of nitrogens with zero attached hydrogens (tertiary/aromatic N) is 3.